The molecule has 3 aliphatic rings. The van der Waals surface area contributed by atoms with E-state index in [1.54, 1.807) is 0 Å². The molecule has 1 spiro atoms. The molecule has 4 unspecified atom stereocenters. The van der Waals surface area contributed by atoms with Crippen LogP contribution >= 0.6 is 12.4 Å². The molecule has 3 saturated carbocycles. The average molecular weight is 345 g/mol. The lowest BCUT2D eigenvalue weighted by atomic mass is 9.54. The van der Waals surface area contributed by atoms with Gasteiger partial charge in [-0.25, -0.2) is 0 Å². The van der Waals surface area contributed by atoms with Crippen molar-refractivity contribution in [3.05, 3.63) is 0 Å². The molecule has 4 nitrogen and oxygen atoms in total. The Bertz CT molecular complexity index is 412. The first kappa shape index (κ1) is 19.0. The summed E-state index contributed by atoms with van der Waals surface area (Å²) in [7, 11) is 2.02. The van der Waals surface area contributed by atoms with Gasteiger partial charge in [-0.2, -0.15) is 0 Å². The van der Waals surface area contributed by atoms with Crippen LogP contribution in [0.4, 0.5) is 0 Å². The molecular formula is C18H33ClN2O2. The second-order valence-electron chi connectivity index (χ2n) is 7.71. The Morgan fingerprint density at radius 2 is 1.91 bits per heavy atom. The van der Waals surface area contributed by atoms with E-state index in [4.69, 9.17) is 10.5 Å². The number of hydrogen-bond acceptors (Lipinski definition) is 3. The van der Waals surface area contributed by atoms with Crippen molar-refractivity contribution in [2.24, 2.45) is 17.1 Å². The molecule has 0 heterocycles. The van der Waals surface area contributed by atoms with Crippen molar-refractivity contribution in [3.8, 4) is 0 Å². The summed E-state index contributed by atoms with van der Waals surface area (Å²) in [6.45, 7) is 2.87. The van der Waals surface area contributed by atoms with E-state index < -0.39 is 0 Å². The van der Waals surface area contributed by atoms with Crippen molar-refractivity contribution in [2.45, 2.75) is 82.9 Å². The van der Waals surface area contributed by atoms with Gasteiger partial charge in [-0.1, -0.05) is 19.3 Å². The third kappa shape index (κ3) is 3.40. The Balaban J connectivity index is 0.00000192. The van der Waals surface area contributed by atoms with E-state index in [2.05, 4.69) is 11.8 Å². The fourth-order valence-electron chi connectivity index (χ4n) is 5.25. The molecule has 2 N–H and O–H groups in total. The van der Waals surface area contributed by atoms with E-state index in [-0.39, 0.29) is 29.8 Å². The van der Waals surface area contributed by atoms with E-state index >= 15 is 0 Å². The number of nitrogens with zero attached hydrogens (tertiary/aromatic N) is 1. The van der Waals surface area contributed by atoms with Crippen molar-refractivity contribution < 1.29 is 9.53 Å². The number of hydrogen-bond donors (Lipinski definition) is 1. The van der Waals surface area contributed by atoms with Gasteiger partial charge in [0.05, 0.1) is 6.10 Å². The molecule has 0 aromatic heterocycles. The smallest absolute Gasteiger partial charge is 0.225 e. The standard InChI is InChI=1S/C18H32N2O2.ClH/c1-3-22-16-12-15(18(16)9-5-4-6-10-18)20(2)17(21)13-7-8-14(19)11-13;/h13-16H,3-12,19H2,1-2H3;1H. The summed E-state index contributed by atoms with van der Waals surface area (Å²) in [5.41, 5.74) is 6.23. The van der Waals surface area contributed by atoms with Crippen molar-refractivity contribution in [1.29, 1.82) is 0 Å². The van der Waals surface area contributed by atoms with Gasteiger partial charge in [0.2, 0.25) is 5.91 Å². The highest BCUT2D eigenvalue weighted by Crippen LogP contribution is 2.55. The molecule has 5 heteroatoms. The number of nitrogens with two attached hydrogens (primary N) is 1. The van der Waals surface area contributed by atoms with Crippen molar-refractivity contribution in [2.75, 3.05) is 13.7 Å². The summed E-state index contributed by atoms with van der Waals surface area (Å²) >= 11 is 0. The van der Waals surface area contributed by atoms with Crippen molar-refractivity contribution in [1.82, 2.24) is 4.90 Å². The Labute approximate surface area is 146 Å². The Morgan fingerprint density at radius 1 is 1.22 bits per heavy atom. The minimum Gasteiger partial charge on any atom is -0.378 e. The Kier molecular flexibility index (Phi) is 6.37. The monoisotopic (exact) mass is 344 g/mol. The van der Waals surface area contributed by atoms with Crippen LogP contribution in [0.25, 0.3) is 0 Å². The van der Waals surface area contributed by atoms with Gasteiger partial charge in [0, 0.05) is 37.1 Å². The van der Waals surface area contributed by atoms with Crippen LogP contribution in [0.3, 0.4) is 0 Å². The van der Waals surface area contributed by atoms with E-state index in [0.29, 0.717) is 18.1 Å². The normalized spacial score (nSPS) is 35.4. The maximum atomic E-state index is 12.8. The number of ether oxygens (including phenoxy) is 1. The highest BCUT2D eigenvalue weighted by Gasteiger charge is 2.58. The molecule has 1 amide bonds. The molecule has 0 saturated heterocycles. The van der Waals surface area contributed by atoms with Gasteiger partial charge in [-0.15, -0.1) is 12.4 Å². The lowest BCUT2D eigenvalue weighted by Crippen LogP contribution is -2.66. The van der Waals surface area contributed by atoms with Gasteiger partial charge in [-0.05, 0) is 45.4 Å². The van der Waals surface area contributed by atoms with Crippen LogP contribution in [0.15, 0.2) is 0 Å². The Hall–Kier alpha value is -0.320. The summed E-state index contributed by atoms with van der Waals surface area (Å²) in [4.78, 5) is 14.9. The van der Waals surface area contributed by atoms with Crippen LogP contribution in [0.2, 0.25) is 0 Å². The number of rotatable bonds is 4. The zero-order chi connectivity index (χ0) is 15.7. The maximum Gasteiger partial charge on any atom is 0.225 e. The second kappa shape index (κ2) is 7.71. The van der Waals surface area contributed by atoms with Crippen LogP contribution < -0.4 is 5.73 Å². The van der Waals surface area contributed by atoms with Crippen LogP contribution in [0.5, 0.6) is 0 Å². The summed E-state index contributed by atoms with van der Waals surface area (Å²) in [5, 5.41) is 0. The fourth-order valence-corrected chi connectivity index (χ4v) is 5.25. The van der Waals surface area contributed by atoms with Crippen LogP contribution in [0, 0.1) is 11.3 Å². The van der Waals surface area contributed by atoms with Crippen LogP contribution in [-0.4, -0.2) is 42.6 Å². The molecule has 0 aromatic rings. The largest absolute Gasteiger partial charge is 0.378 e. The van der Waals surface area contributed by atoms with Gasteiger partial charge < -0.3 is 15.4 Å². The second-order valence-corrected chi connectivity index (χ2v) is 7.71. The molecule has 0 aromatic carbocycles. The predicted octanol–water partition coefficient (Wildman–Crippen LogP) is 3.12. The van der Waals surface area contributed by atoms with Crippen molar-refractivity contribution >= 4 is 18.3 Å². The third-order valence-corrected chi connectivity index (χ3v) is 6.53. The average Bonchev–Trinajstić information content (AvgIpc) is 2.97. The molecule has 4 atom stereocenters. The van der Waals surface area contributed by atoms with E-state index in [1.807, 2.05) is 7.05 Å². The molecule has 0 aliphatic heterocycles. The number of amides is 1. The molecule has 3 fully saturated rings. The predicted molar refractivity (Wildman–Crippen MR) is 94.7 cm³/mol. The highest BCUT2D eigenvalue weighted by atomic mass is 35.5. The van der Waals surface area contributed by atoms with Gasteiger partial charge in [0.15, 0.2) is 0 Å². The highest BCUT2D eigenvalue weighted by molar-refractivity contribution is 5.85. The van der Waals surface area contributed by atoms with Gasteiger partial charge >= 0.3 is 0 Å². The SMILES string of the molecule is CCOC1CC(N(C)C(=O)C2CCC(N)C2)C12CCCCC2.Cl. The summed E-state index contributed by atoms with van der Waals surface area (Å²) < 4.78 is 6.02. The van der Waals surface area contributed by atoms with Crippen molar-refractivity contribution in [3.63, 3.8) is 0 Å². The molecule has 0 bridgehead atoms. The minimum atomic E-state index is 0. The molecule has 0 radical (unpaired) electrons. The molecule has 3 aliphatic carbocycles. The zero-order valence-corrected chi connectivity index (χ0v) is 15.4. The fraction of sp³-hybridized carbons (Fsp3) is 0.944. The first-order chi connectivity index (χ1) is 10.6. The number of halogens is 1. The molecule has 23 heavy (non-hydrogen) atoms. The summed E-state index contributed by atoms with van der Waals surface area (Å²) in [6, 6.07) is 0.609. The topological polar surface area (TPSA) is 55.6 Å². The maximum absolute atomic E-state index is 12.8. The third-order valence-electron chi connectivity index (χ3n) is 6.53. The van der Waals surface area contributed by atoms with Crippen LogP contribution in [-0.2, 0) is 9.53 Å². The van der Waals surface area contributed by atoms with Gasteiger partial charge in [-0.3, -0.25) is 4.79 Å². The van der Waals surface area contributed by atoms with E-state index in [1.165, 1.54) is 32.1 Å². The van der Waals surface area contributed by atoms with E-state index in [9.17, 15) is 4.79 Å². The molecule has 3 rings (SSSR count). The molecule has 134 valence electrons. The van der Waals surface area contributed by atoms with Gasteiger partial charge in [0.25, 0.3) is 0 Å². The lowest BCUT2D eigenvalue weighted by molar-refractivity contribution is -0.186. The lowest BCUT2D eigenvalue weighted by Gasteiger charge is -2.60. The summed E-state index contributed by atoms with van der Waals surface area (Å²) in [5.74, 6) is 0.490. The van der Waals surface area contributed by atoms with E-state index in [0.717, 1.165) is 32.3 Å². The summed E-state index contributed by atoms with van der Waals surface area (Å²) in [6.07, 6.45) is 10.6. The van der Waals surface area contributed by atoms with Gasteiger partial charge in [0.1, 0.15) is 0 Å². The minimum absolute atomic E-state index is 0. The molecular weight excluding hydrogens is 312 g/mol. The first-order valence-electron chi connectivity index (χ1n) is 9.22. The number of carbonyl (C=O) groups is 1. The number of carbonyl (C=O) groups excluding carboxylic acids is 1. The quantitative estimate of drug-likeness (QED) is 0.852. The first-order valence-corrected chi connectivity index (χ1v) is 9.22. The van der Waals surface area contributed by atoms with Crippen LogP contribution in [0.1, 0.15) is 64.7 Å². The zero-order valence-electron chi connectivity index (χ0n) is 14.6. The Morgan fingerprint density at radius 3 is 2.48 bits per heavy atom.